The summed E-state index contributed by atoms with van der Waals surface area (Å²) in [7, 11) is 0. The molecule has 0 aromatic rings. The van der Waals surface area contributed by atoms with Gasteiger partial charge in [-0.3, -0.25) is 0 Å². The summed E-state index contributed by atoms with van der Waals surface area (Å²) in [6.07, 6.45) is 5.05. The first-order valence-electron chi connectivity index (χ1n) is 2.89. The summed E-state index contributed by atoms with van der Waals surface area (Å²) in [5.41, 5.74) is 1.65. The van der Waals surface area contributed by atoms with Crippen molar-refractivity contribution in [3.63, 3.8) is 0 Å². The Morgan fingerprint density at radius 3 is 2.43 bits per heavy atom. The lowest BCUT2D eigenvalue weighted by atomic mass is 10.1. The highest BCUT2D eigenvalue weighted by Crippen LogP contribution is 2.37. The first-order chi connectivity index (χ1) is 3.47. The van der Waals surface area contributed by atoms with E-state index in [1.807, 2.05) is 0 Å². The van der Waals surface area contributed by atoms with Gasteiger partial charge in [-0.15, -0.1) is 0 Å². The van der Waals surface area contributed by atoms with Gasteiger partial charge in [-0.05, 0) is 30.5 Å². The summed E-state index contributed by atoms with van der Waals surface area (Å²) >= 11 is 0. The van der Waals surface area contributed by atoms with Crippen molar-refractivity contribution in [1.82, 2.24) is 5.32 Å². The van der Waals surface area contributed by atoms with E-state index in [1.54, 1.807) is 5.57 Å². The Hall–Kier alpha value is -0.460. The summed E-state index contributed by atoms with van der Waals surface area (Å²) in [4.78, 5) is 0. The van der Waals surface area contributed by atoms with Crippen LogP contribution in [0.1, 0.15) is 12.8 Å². The van der Waals surface area contributed by atoms with Gasteiger partial charge in [0, 0.05) is 6.54 Å². The van der Waals surface area contributed by atoms with E-state index in [-0.39, 0.29) is 0 Å². The Morgan fingerprint density at radius 2 is 2.29 bits per heavy atom. The minimum Gasteiger partial charge on any atom is -0.387 e. The molecule has 1 nitrogen and oxygen atoms in total. The van der Waals surface area contributed by atoms with Crippen LogP contribution in [-0.4, -0.2) is 6.54 Å². The van der Waals surface area contributed by atoms with E-state index < -0.39 is 0 Å². The molecule has 0 saturated heterocycles. The fourth-order valence-corrected chi connectivity index (χ4v) is 0.936. The molecule has 0 aromatic heterocycles. The van der Waals surface area contributed by atoms with Gasteiger partial charge in [-0.2, -0.15) is 0 Å². The fourth-order valence-electron chi connectivity index (χ4n) is 0.936. The molecule has 1 aliphatic heterocycles. The van der Waals surface area contributed by atoms with Crippen molar-refractivity contribution >= 4 is 0 Å². The van der Waals surface area contributed by atoms with Gasteiger partial charge in [-0.1, -0.05) is 0 Å². The first kappa shape index (κ1) is 3.53. The van der Waals surface area contributed by atoms with Crippen LogP contribution < -0.4 is 5.32 Å². The Kier molecular flexibility index (Phi) is 0.518. The van der Waals surface area contributed by atoms with E-state index in [0.717, 1.165) is 5.92 Å². The minimum absolute atomic E-state index is 1.00. The molecule has 0 aromatic carbocycles. The van der Waals surface area contributed by atoms with E-state index in [4.69, 9.17) is 0 Å². The molecule has 2 aliphatic rings. The van der Waals surface area contributed by atoms with E-state index in [1.165, 1.54) is 19.4 Å². The van der Waals surface area contributed by atoms with Gasteiger partial charge in [0.1, 0.15) is 0 Å². The van der Waals surface area contributed by atoms with E-state index in [9.17, 15) is 0 Å². The Bertz CT molecular complexity index is 111. The summed E-state index contributed by atoms with van der Waals surface area (Å²) in [6.45, 7) is 1.17. The van der Waals surface area contributed by atoms with Gasteiger partial charge < -0.3 is 5.32 Å². The summed E-state index contributed by atoms with van der Waals surface area (Å²) in [6, 6.07) is 0. The van der Waals surface area contributed by atoms with Gasteiger partial charge >= 0.3 is 0 Å². The summed E-state index contributed by atoms with van der Waals surface area (Å²) in [5, 5.41) is 3.12. The van der Waals surface area contributed by atoms with E-state index in [0.29, 0.717) is 0 Å². The van der Waals surface area contributed by atoms with Gasteiger partial charge in [0.2, 0.25) is 0 Å². The van der Waals surface area contributed by atoms with Gasteiger partial charge in [-0.25, -0.2) is 0 Å². The molecule has 0 radical (unpaired) electrons. The molecule has 1 saturated carbocycles. The van der Waals surface area contributed by atoms with Crippen molar-refractivity contribution in [2.24, 2.45) is 5.92 Å². The molecule has 0 unspecified atom stereocenters. The molecule has 7 heavy (non-hydrogen) atoms. The topological polar surface area (TPSA) is 12.0 Å². The largest absolute Gasteiger partial charge is 0.387 e. The van der Waals surface area contributed by atoms with Gasteiger partial charge in [0.25, 0.3) is 0 Å². The molecule has 1 fully saturated rings. The molecule has 1 heterocycles. The maximum atomic E-state index is 3.12. The number of hydrogen-bond acceptors (Lipinski definition) is 1. The molecular formula is C6H9N. The number of nitrogens with one attached hydrogen (secondary N) is 1. The van der Waals surface area contributed by atoms with Crippen LogP contribution in [0.5, 0.6) is 0 Å². The van der Waals surface area contributed by atoms with E-state index >= 15 is 0 Å². The minimum atomic E-state index is 1.00. The van der Waals surface area contributed by atoms with Crippen LogP contribution >= 0.6 is 0 Å². The van der Waals surface area contributed by atoms with Crippen LogP contribution in [0.4, 0.5) is 0 Å². The third-order valence-electron chi connectivity index (χ3n) is 1.70. The molecule has 0 atom stereocenters. The predicted molar refractivity (Wildman–Crippen MR) is 28.8 cm³/mol. The number of rotatable bonds is 1. The molecule has 2 rings (SSSR count). The third-order valence-corrected chi connectivity index (χ3v) is 1.70. The normalized spacial score (nSPS) is 27.7. The predicted octanol–water partition coefficient (Wildman–Crippen LogP) is 0.883. The lowest BCUT2D eigenvalue weighted by molar-refractivity contribution is 0.755. The lowest BCUT2D eigenvalue weighted by Crippen LogP contribution is -2.22. The van der Waals surface area contributed by atoms with Crippen LogP contribution in [0, 0.1) is 5.92 Å². The smallest absolute Gasteiger partial charge is 0.0374 e. The molecule has 0 bridgehead atoms. The molecule has 38 valence electrons. The van der Waals surface area contributed by atoms with E-state index in [2.05, 4.69) is 11.5 Å². The SMILES string of the molecule is C1=C(C2CC2)CN1. The van der Waals surface area contributed by atoms with Crippen molar-refractivity contribution in [3.05, 3.63) is 11.8 Å². The zero-order valence-corrected chi connectivity index (χ0v) is 4.28. The van der Waals surface area contributed by atoms with Crippen molar-refractivity contribution in [2.45, 2.75) is 12.8 Å². The quantitative estimate of drug-likeness (QED) is 0.510. The van der Waals surface area contributed by atoms with Crippen LogP contribution in [0.3, 0.4) is 0 Å². The molecule has 1 N–H and O–H groups in total. The highest BCUT2D eigenvalue weighted by atomic mass is 14.9. The molecule has 1 heteroatoms. The monoisotopic (exact) mass is 95.1 g/mol. The Labute approximate surface area is 43.4 Å². The zero-order chi connectivity index (χ0) is 4.69. The maximum Gasteiger partial charge on any atom is 0.0374 e. The molecule has 1 aliphatic carbocycles. The highest BCUT2D eigenvalue weighted by molar-refractivity contribution is 5.20. The van der Waals surface area contributed by atoms with Gasteiger partial charge in [0.05, 0.1) is 0 Å². The standard InChI is InChI=1S/C6H9N/c1-2-5(1)6-3-7-4-6/h3,5,7H,1-2,4H2. The van der Waals surface area contributed by atoms with Crippen LogP contribution in [-0.2, 0) is 0 Å². The van der Waals surface area contributed by atoms with Crippen LogP contribution in [0.25, 0.3) is 0 Å². The van der Waals surface area contributed by atoms with Crippen molar-refractivity contribution in [1.29, 1.82) is 0 Å². The highest BCUT2D eigenvalue weighted by Gasteiger charge is 2.27. The van der Waals surface area contributed by atoms with Gasteiger partial charge in [0.15, 0.2) is 0 Å². The third kappa shape index (κ3) is 0.441. The lowest BCUT2D eigenvalue weighted by Gasteiger charge is -2.14. The average Bonchev–Trinajstić information content (AvgIpc) is 2.10. The van der Waals surface area contributed by atoms with Crippen molar-refractivity contribution in [3.8, 4) is 0 Å². The number of hydrogen-bond donors (Lipinski definition) is 1. The second kappa shape index (κ2) is 1.03. The second-order valence-corrected chi connectivity index (χ2v) is 2.37. The average molecular weight is 95.1 g/mol. The fraction of sp³-hybridized carbons (Fsp3) is 0.667. The van der Waals surface area contributed by atoms with Crippen molar-refractivity contribution < 1.29 is 0 Å². The maximum absolute atomic E-state index is 3.12. The zero-order valence-electron chi connectivity index (χ0n) is 4.28. The first-order valence-corrected chi connectivity index (χ1v) is 2.89. The molecule has 0 spiro atoms. The molecule has 0 amide bonds. The summed E-state index contributed by atoms with van der Waals surface area (Å²) < 4.78 is 0. The summed E-state index contributed by atoms with van der Waals surface area (Å²) in [5.74, 6) is 1.00. The molecular weight excluding hydrogens is 86.1 g/mol. The Balaban J connectivity index is 2.05. The Morgan fingerprint density at radius 1 is 1.57 bits per heavy atom. The van der Waals surface area contributed by atoms with Crippen LogP contribution in [0.15, 0.2) is 11.8 Å². The second-order valence-electron chi connectivity index (χ2n) is 2.37. The van der Waals surface area contributed by atoms with Crippen LogP contribution in [0.2, 0.25) is 0 Å². The van der Waals surface area contributed by atoms with Crippen molar-refractivity contribution in [2.75, 3.05) is 6.54 Å².